The molecular formula is C12H16N3O5PS. The number of aromatic nitrogens is 3. The number of aryl methyl sites for hydroxylation is 1. The van der Waals surface area contributed by atoms with Gasteiger partial charge in [0.25, 0.3) is 13.4 Å². The summed E-state index contributed by atoms with van der Waals surface area (Å²) in [7, 11) is -4.68. The van der Waals surface area contributed by atoms with E-state index in [1.807, 2.05) is 17.0 Å². The predicted octanol–water partition coefficient (Wildman–Crippen LogP) is -0.196. The number of phosphoric acid groups is 1. The van der Waals surface area contributed by atoms with Crippen molar-refractivity contribution in [1.29, 1.82) is 0 Å². The summed E-state index contributed by atoms with van der Waals surface area (Å²) in [6, 6.07) is 0. The topological polar surface area (TPSA) is 119 Å². The Labute approximate surface area is 130 Å². The van der Waals surface area contributed by atoms with Crippen LogP contribution in [0.1, 0.15) is 22.0 Å². The fourth-order valence-electron chi connectivity index (χ4n) is 1.91. The van der Waals surface area contributed by atoms with Crippen molar-refractivity contribution in [3.8, 4) is 0 Å². The van der Waals surface area contributed by atoms with Crippen LogP contribution < -0.4 is 15.0 Å². The van der Waals surface area contributed by atoms with Gasteiger partial charge in [-0.1, -0.05) is 11.3 Å². The molecule has 0 fully saturated rings. The van der Waals surface area contributed by atoms with Gasteiger partial charge in [0, 0.05) is 19.5 Å². The van der Waals surface area contributed by atoms with E-state index in [-0.39, 0.29) is 12.2 Å². The molecule has 10 heteroatoms. The minimum atomic E-state index is -4.68. The van der Waals surface area contributed by atoms with Gasteiger partial charge in [-0.25, -0.2) is 4.98 Å². The van der Waals surface area contributed by atoms with E-state index in [0.29, 0.717) is 24.4 Å². The molecule has 0 bridgehead atoms. The molecular weight excluding hydrogens is 329 g/mol. The molecule has 0 radical (unpaired) electrons. The number of hydrogen-bond acceptors (Lipinski definition) is 6. The summed E-state index contributed by atoms with van der Waals surface area (Å²) in [5, 5.41) is 0. The molecule has 1 unspecified atom stereocenters. The van der Waals surface area contributed by atoms with Crippen molar-refractivity contribution in [2.45, 2.75) is 26.8 Å². The van der Waals surface area contributed by atoms with Gasteiger partial charge in [0.1, 0.15) is 11.4 Å². The van der Waals surface area contributed by atoms with Crippen LogP contribution in [0.2, 0.25) is 0 Å². The number of aromatic amines is 1. The number of phosphoric ester groups is 1. The van der Waals surface area contributed by atoms with Crippen LogP contribution in [0.25, 0.3) is 0 Å². The van der Waals surface area contributed by atoms with Crippen LogP contribution in [0.4, 0.5) is 0 Å². The molecule has 2 heterocycles. The lowest BCUT2D eigenvalue weighted by atomic mass is 10.3. The SMILES string of the molecule is Cc1ncc(C[n+]2csc(CCOP(=O)([O-])O)c2C)c(=O)[nH]1. The number of nitrogens with zero attached hydrogens (tertiary/aromatic N) is 2. The summed E-state index contributed by atoms with van der Waals surface area (Å²) < 4.78 is 16.8. The van der Waals surface area contributed by atoms with Crippen LogP contribution in [-0.2, 0) is 22.1 Å². The lowest BCUT2D eigenvalue weighted by molar-refractivity contribution is -0.689. The molecule has 120 valence electrons. The summed E-state index contributed by atoms with van der Waals surface area (Å²) >= 11 is 1.43. The van der Waals surface area contributed by atoms with E-state index in [4.69, 9.17) is 4.89 Å². The molecule has 1 atom stereocenters. The second kappa shape index (κ2) is 6.80. The van der Waals surface area contributed by atoms with Gasteiger partial charge in [0.15, 0.2) is 12.2 Å². The van der Waals surface area contributed by atoms with E-state index in [2.05, 4.69) is 14.5 Å². The molecule has 0 aliphatic rings. The third-order valence-electron chi connectivity index (χ3n) is 3.08. The number of nitrogens with one attached hydrogen (secondary N) is 1. The lowest BCUT2D eigenvalue weighted by Crippen LogP contribution is -2.37. The first-order valence-corrected chi connectivity index (χ1v) is 8.83. The molecule has 0 saturated carbocycles. The quantitative estimate of drug-likeness (QED) is 0.553. The second-order valence-electron chi connectivity index (χ2n) is 4.73. The Kier molecular flexibility index (Phi) is 5.25. The summed E-state index contributed by atoms with van der Waals surface area (Å²) in [6.07, 6.45) is 1.90. The first-order valence-electron chi connectivity index (χ1n) is 6.46. The molecule has 2 aromatic heterocycles. The monoisotopic (exact) mass is 345 g/mol. The van der Waals surface area contributed by atoms with E-state index < -0.39 is 7.82 Å². The second-order valence-corrected chi connectivity index (χ2v) is 6.87. The molecule has 0 aliphatic heterocycles. The Morgan fingerprint density at radius 3 is 2.91 bits per heavy atom. The Hall–Kier alpha value is -1.38. The summed E-state index contributed by atoms with van der Waals surface area (Å²) in [6.45, 7) is 3.84. The average Bonchev–Trinajstić information content (AvgIpc) is 2.73. The Bertz CT molecular complexity index is 766. The molecule has 0 aromatic carbocycles. The Morgan fingerprint density at radius 1 is 1.55 bits per heavy atom. The zero-order valence-electron chi connectivity index (χ0n) is 12.1. The van der Waals surface area contributed by atoms with Crippen molar-refractivity contribution < 1.29 is 23.4 Å². The van der Waals surface area contributed by atoms with Gasteiger partial charge < -0.3 is 19.3 Å². The van der Waals surface area contributed by atoms with E-state index in [0.717, 1.165) is 10.6 Å². The maximum atomic E-state index is 11.8. The fourth-order valence-corrected chi connectivity index (χ4v) is 3.21. The Balaban J connectivity index is 2.07. The van der Waals surface area contributed by atoms with Gasteiger partial charge in [-0.15, -0.1) is 0 Å². The molecule has 0 aliphatic carbocycles. The standard InChI is InChI=1S/C12H16N3O5PS/c1-8-11(3-4-20-21(17,18)19)22-7-15(8)6-10-5-13-9(2)14-12(10)16/h5,7H,3-4,6H2,1-2H3,(H2-,13,14,16,17,18,19). The van der Waals surface area contributed by atoms with Crippen LogP contribution in [0, 0.1) is 13.8 Å². The van der Waals surface area contributed by atoms with E-state index in [1.54, 1.807) is 13.1 Å². The van der Waals surface area contributed by atoms with Crippen molar-refractivity contribution in [2.75, 3.05) is 6.61 Å². The van der Waals surface area contributed by atoms with Crippen molar-refractivity contribution in [1.82, 2.24) is 9.97 Å². The zero-order valence-corrected chi connectivity index (χ0v) is 13.8. The van der Waals surface area contributed by atoms with E-state index in [9.17, 15) is 14.3 Å². The minimum Gasteiger partial charge on any atom is -0.756 e. The van der Waals surface area contributed by atoms with Gasteiger partial charge in [0.05, 0.1) is 11.5 Å². The number of hydrogen-bond donors (Lipinski definition) is 2. The lowest BCUT2D eigenvalue weighted by Gasteiger charge is -2.14. The zero-order chi connectivity index (χ0) is 16.3. The van der Waals surface area contributed by atoms with Gasteiger partial charge in [0.2, 0.25) is 5.51 Å². The molecule has 2 aromatic rings. The highest BCUT2D eigenvalue weighted by molar-refractivity contribution is 7.44. The van der Waals surface area contributed by atoms with Gasteiger partial charge in [-0.2, -0.15) is 4.57 Å². The van der Waals surface area contributed by atoms with Crippen molar-refractivity contribution in [2.24, 2.45) is 0 Å². The van der Waals surface area contributed by atoms with Crippen molar-refractivity contribution in [3.05, 3.63) is 44.0 Å². The molecule has 0 amide bonds. The molecule has 2 N–H and O–H groups in total. The van der Waals surface area contributed by atoms with Crippen molar-refractivity contribution >= 4 is 19.2 Å². The summed E-state index contributed by atoms with van der Waals surface area (Å²) in [5.74, 6) is 0.560. The normalized spacial score (nSPS) is 14.0. The molecule has 0 spiro atoms. The largest absolute Gasteiger partial charge is 0.756 e. The molecule has 22 heavy (non-hydrogen) atoms. The third kappa shape index (κ3) is 4.56. The van der Waals surface area contributed by atoms with Crippen LogP contribution in [-0.4, -0.2) is 21.5 Å². The van der Waals surface area contributed by atoms with Gasteiger partial charge in [-0.05, 0) is 6.92 Å². The maximum absolute atomic E-state index is 11.8. The van der Waals surface area contributed by atoms with E-state index >= 15 is 0 Å². The van der Waals surface area contributed by atoms with Gasteiger partial charge >= 0.3 is 0 Å². The number of rotatable bonds is 6. The first kappa shape index (κ1) is 17.0. The summed E-state index contributed by atoms with van der Waals surface area (Å²) in [4.78, 5) is 38.5. The highest BCUT2D eigenvalue weighted by Gasteiger charge is 2.17. The average molecular weight is 345 g/mol. The van der Waals surface area contributed by atoms with Crippen LogP contribution >= 0.6 is 19.2 Å². The van der Waals surface area contributed by atoms with Gasteiger partial charge in [-0.3, -0.25) is 9.36 Å². The Morgan fingerprint density at radius 2 is 2.27 bits per heavy atom. The van der Waals surface area contributed by atoms with Crippen LogP contribution in [0.15, 0.2) is 16.5 Å². The minimum absolute atomic E-state index is 0.120. The highest BCUT2D eigenvalue weighted by atomic mass is 32.1. The number of H-pyrrole nitrogens is 1. The number of thiazole rings is 1. The molecule has 0 saturated heterocycles. The fraction of sp³-hybridized carbons (Fsp3) is 0.417. The molecule has 2 rings (SSSR count). The van der Waals surface area contributed by atoms with Crippen LogP contribution in [0.3, 0.4) is 0 Å². The summed E-state index contributed by atoms with van der Waals surface area (Å²) in [5.41, 5.74) is 3.12. The highest BCUT2D eigenvalue weighted by Crippen LogP contribution is 2.30. The van der Waals surface area contributed by atoms with Crippen LogP contribution in [0.5, 0.6) is 0 Å². The maximum Gasteiger partial charge on any atom is 0.265 e. The molecule has 8 nitrogen and oxygen atoms in total. The third-order valence-corrected chi connectivity index (χ3v) is 4.73. The smallest absolute Gasteiger partial charge is 0.265 e. The first-order chi connectivity index (χ1) is 10.3. The van der Waals surface area contributed by atoms with E-state index in [1.165, 1.54) is 11.3 Å². The van der Waals surface area contributed by atoms with Crippen molar-refractivity contribution in [3.63, 3.8) is 0 Å². The predicted molar refractivity (Wildman–Crippen MR) is 77.4 cm³/mol.